The third-order valence-corrected chi connectivity index (χ3v) is 4.87. The molecular formula is C20H38N6O6. The number of aliphatic carboxylic acids is 1. The fourth-order valence-corrected chi connectivity index (χ4v) is 2.78. The molecule has 0 spiro atoms. The van der Waals surface area contributed by atoms with Crippen LogP contribution in [-0.2, 0) is 24.0 Å². The van der Waals surface area contributed by atoms with Crippen molar-refractivity contribution in [3.8, 4) is 0 Å². The van der Waals surface area contributed by atoms with Gasteiger partial charge in [-0.15, -0.1) is 0 Å². The van der Waals surface area contributed by atoms with Crippen LogP contribution in [0.2, 0.25) is 0 Å². The van der Waals surface area contributed by atoms with Crippen molar-refractivity contribution in [3.63, 3.8) is 0 Å². The monoisotopic (exact) mass is 458 g/mol. The highest BCUT2D eigenvalue weighted by molar-refractivity contribution is 5.96. The SMILES string of the molecule is CC(C)C(N)C(=O)NC(CCCCN)C(=O)NC(CC(N)=O)C(=O)NC(C(=O)O)C(C)C. The maximum atomic E-state index is 12.9. The lowest BCUT2D eigenvalue weighted by molar-refractivity contribution is -0.143. The van der Waals surface area contributed by atoms with Gasteiger partial charge in [0.25, 0.3) is 0 Å². The predicted molar refractivity (Wildman–Crippen MR) is 118 cm³/mol. The van der Waals surface area contributed by atoms with Crippen LogP contribution in [0.3, 0.4) is 0 Å². The summed E-state index contributed by atoms with van der Waals surface area (Å²) in [5.41, 5.74) is 16.5. The minimum atomic E-state index is -1.41. The second kappa shape index (κ2) is 14.4. The van der Waals surface area contributed by atoms with Crippen LogP contribution in [-0.4, -0.2) is 65.4 Å². The molecule has 0 aliphatic heterocycles. The highest BCUT2D eigenvalue weighted by Crippen LogP contribution is 2.07. The summed E-state index contributed by atoms with van der Waals surface area (Å²) < 4.78 is 0. The lowest BCUT2D eigenvalue weighted by atomic mass is 10.0. The highest BCUT2D eigenvalue weighted by Gasteiger charge is 2.32. The van der Waals surface area contributed by atoms with E-state index in [4.69, 9.17) is 17.2 Å². The largest absolute Gasteiger partial charge is 0.480 e. The Balaban J connectivity index is 5.52. The van der Waals surface area contributed by atoms with E-state index in [1.807, 2.05) is 0 Å². The molecule has 0 saturated carbocycles. The van der Waals surface area contributed by atoms with Gasteiger partial charge in [0.2, 0.25) is 23.6 Å². The summed E-state index contributed by atoms with van der Waals surface area (Å²) in [6, 6.07) is -4.50. The molecule has 184 valence electrons. The Labute approximate surface area is 188 Å². The van der Waals surface area contributed by atoms with E-state index in [1.165, 1.54) is 0 Å². The van der Waals surface area contributed by atoms with Crippen molar-refractivity contribution in [3.05, 3.63) is 0 Å². The van der Waals surface area contributed by atoms with Gasteiger partial charge in [0.15, 0.2) is 0 Å². The van der Waals surface area contributed by atoms with Crippen molar-refractivity contribution in [1.82, 2.24) is 16.0 Å². The van der Waals surface area contributed by atoms with Gasteiger partial charge in [-0.05, 0) is 37.6 Å². The average Bonchev–Trinajstić information content (AvgIpc) is 2.68. The standard InChI is InChI=1S/C20H38N6O6/c1-10(2)15(23)19(30)24-12(7-5-6-8-21)17(28)25-13(9-14(22)27)18(29)26-16(11(3)4)20(31)32/h10-13,15-16H,5-9,21,23H2,1-4H3,(H2,22,27)(H,24,30)(H,25,28)(H,26,29)(H,31,32). The summed E-state index contributed by atoms with van der Waals surface area (Å²) in [6.07, 6.45) is 0.813. The van der Waals surface area contributed by atoms with Crippen molar-refractivity contribution < 1.29 is 29.1 Å². The molecule has 12 nitrogen and oxygen atoms in total. The molecule has 0 aromatic rings. The van der Waals surface area contributed by atoms with Crippen molar-refractivity contribution in [2.24, 2.45) is 29.0 Å². The molecule has 0 aliphatic carbocycles. The number of nitrogens with one attached hydrogen (secondary N) is 3. The Kier molecular flexibility index (Phi) is 13.1. The number of carbonyl (C=O) groups is 5. The topological polar surface area (TPSA) is 220 Å². The first-order valence-corrected chi connectivity index (χ1v) is 10.7. The Morgan fingerprint density at radius 2 is 1.34 bits per heavy atom. The van der Waals surface area contributed by atoms with E-state index in [-0.39, 0.29) is 12.3 Å². The van der Waals surface area contributed by atoms with E-state index < -0.39 is 66.1 Å². The van der Waals surface area contributed by atoms with Crippen molar-refractivity contribution in [2.75, 3.05) is 6.54 Å². The number of carboxylic acids is 1. The maximum Gasteiger partial charge on any atom is 0.326 e. The molecule has 10 N–H and O–H groups in total. The first-order chi connectivity index (χ1) is 14.8. The lowest BCUT2D eigenvalue weighted by Gasteiger charge is -2.26. The summed E-state index contributed by atoms with van der Waals surface area (Å²) in [5.74, 6) is -4.86. The van der Waals surface area contributed by atoms with Gasteiger partial charge in [-0.1, -0.05) is 27.7 Å². The van der Waals surface area contributed by atoms with Crippen LogP contribution in [0.25, 0.3) is 0 Å². The van der Waals surface area contributed by atoms with Gasteiger partial charge in [-0.3, -0.25) is 19.2 Å². The molecule has 0 radical (unpaired) electrons. The van der Waals surface area contributed by atoms with Crippen LogP contribution in [0.4, 0.5) is 0 Å². The summed E-state index contributed by atoms with van der Waals surface area (Å²) >= 11 is 0. The minimum Gasteiger partial charge on any atom is -0.480 e. The molecule has 4 amide bonds. The molecule has 4 unspecified atom stereocenters. The molecule has 0 rings (SSSR count). The molecule has 4 atom stereocenters. The molecule has 0 heterocycles. The Morgan fingerprint density at radius 1 is 0.812 bits per heavy atom. The van der Waals surface area contributed by atoms with Gasteiger partial charge in [-0.25, -0.2) is 4.79 Å². The van der Waals surface area contributed by atoms with Gasteiger partial charge in [-0.2, -0.15) is 0 Å². The number of unbranched alkanes of at least 4 members (excludes halogenated alkanes) is 1. The molecule has 0 aromatic carbocycles. The summed E-state index contributed by atoms with van der Waals surface area (Å²) in [4.78, 5) is 60.7. The number of hydrogen-bond donors (Lipinski definition) is 7. The fraction of sp³-hybridized carbons (Fsp3) is 0.750. The number of primary amides is 1. The number of hydrogen-bond acceptors (Lipinski definition) is 7. The zero-order chi connectivity index (χ0) is 25.0. The third-order valence-electron chi connectivity index (χ3n) is 4.87. The number of rotatable bonds is 15. The smallest absolute Gasteiger partial charge is 0.326 e. The van der Waals surface area contributed by atoms with Crippen LogP contribution in [0.15, 0.2) is 0 Å². The average molecular weight is 459 g/mol. The van der Waals surface area contributed by atoms with Crippen LogP contribution in [0.5, 0.6) is 0 Å². The molecule has 0 aliphatic rings. The Morgan fingerprint density at radius 3 is 1.78 bits per heavy atom. The second-order valence-electron chi connectivity index (χ2n) is 8.42. The number of carbonyl (C=O) groups excluding carboxylic acids is 4. The molecule has 12 heteroatoms. The molecule has 0 bridgehead atoms. The van der Waals surface area contributed by atoms with E-state index in [2.05, 4.69) is 16.0 Å². The fourth-order valence-electron chi connectivity index (χ4n) is 2.78. The van der Waals surface area contributed by atoms with Gasteiger partial charge < -0.3 is 38.3 Å². The van der Waals surface area contributed by atoms with Crippen molar-refractivity contribution in [2.45, 2.75) is 77.5 Å². The molecular weight excluding hydrogens is 420 g/mol. The lowest BCUT2D eigenvalue weighted by Crippen LogP contribution is -2.58. The van der Waals surface area contributed by atoms with Crippen molar-refractivity contribution in [1.29, 1.82) is 0 Å². The zero-order valence-electron chi connectivity index (χ0n) is 19.2. The quantitative estimate of drug-likeness (QED) is 0.138. The van der Waals surface area contributed by atoms with E-state index in [0.29, 0.717) is 19.4 Å². The predicted octanol–water partition coefficient (Wildman–Crippen LogP) is -1.83. The number of carboxylic acid groups (broad SMARTS) is 1. The van der Waals surface area contributed by atoms with Gasteiger partial charge in [0.05, 0.1) is 12.5 Å². The van der Waals surface area contributed by atoms with E-state index >= 15 is 0 Å². The van der Waals surface area contributed by atoms with Crippen LogP contribution < -0.4 is 33.2 Å². The second-order valence-corrected chi connectivity index (χ2v) is 8.42. The highest BCUT2D eigenvalue weighted by atomic mass is 16.4. The molecule has 0 saturated heterocycles. The summed E-state index contributed by atoms with van der Waals surface area (Å²) in [7, 11) is 0. The van der Waals surface area contributed by atoms with Crippen LogP contribution >= 0.6 is 0 Å². The molecule has 0 aromatic heterocycles. The number of amides is 4. The van der Waals surface area contributed by atoms with Gasteiger partial charge in [0.1, 0.15) is 18.1 Å². The summed E-state index contributed by atoms with van der Waals surface area (Å²) in [6.45, 7) is 7.11. The zero-order valence-corrected chi connectivity index (χ0v) is 19.2. The normalized spacial score (nSPS) is 14.9. The molecule has 0 fully saturated rings. The molecule has 32 heavy (non-hydrogen) atoms. The van der Waals surface area contributed by atoms with Gasteiger partial charge >= 0.3 is 5.97 Å². The minimum absolute atomic E-state index is 0.167. The Hall–Kier alpha value is -2.73. The first-order valence-electron chi connectivity index (χ1n) is 10.7. The van der Waals surface area contributed by atoms with Crippen LogP contribution in [0.1, 0.15) is 53.4 Å². The van der Waals surface area contributed by atoms with Crippen LogP contribution in [0, 0.1) is 11.8 Å². The summed E-state index contributed by atoms with van der Waals surface area (Å²) in [5, 5.41) is 16.6. The van der Waals surface area contributed by atoms with E-state index in [0.717, 1.165) is 0 Å². The third kappa shape index (κ3) is 10.5. The van der Waals surface area contributed by atoms with E-state index in [9.17, 15) is 29.1 Å². The van der Waals surface area contributed by atoms with E-state index in [1.54, 1.807) is 27.7 Å². The van der Waals surface area contributed by atoms with Gasteiger partial charge in [0, 0.05) is 0 Å². The maximum absolute atomic E-state index is 12.9. The number of nitrogens with two attached hydrogens (primary N) is 3. The Bertz CT molecular complexity index is 669. The first kappa shape index (κ1) is 29.3. The van der Waals surface area contributed by atoms with Crippen molar-refractivity contribution >= 4 is 29.6 Å².